The van der Waals surface area contributed by atoms with E-state index in [9.17, 15) is 14.7 Å². The van der Waals surface area contributed by atoms with Crippen molar-refractivity contribution in [3.8, 4) is 0 Å². The Morgan fingerprint density at radius 2 is 1.84 bits per heavy atom. The predicted octanol–water partition coefficient (Wildman–Crippen LogP) is 6.08. The molecule has 0 unspecified atom stereocenters. The highest BCUT2D eigenvalue weighted by Gasteiger charge is 2.34. The van der Waals surface area contributed by atoms with E-state index in [-0.39, 0.29) is 18.2 Å². The monoisotopic (exact) mass is 546 g/mol. The highest BCUT2D eigenvalue weighted by Crippen LogP contribution is 2.30. The van der Waals surface area contributed by atoms with Gasteiger partial charge in [0, 0.05) is 5.75 Å². The van der Waals surface area contributed by atoms with E-state index in [2.05, 4.69) is 17.6 Å². The molecular weight excluding hydrogens is 507 g/mol. The van der Waals surface area contributed by atoms with Gasteiger partial charge < -0.3 is 19.9 Å². The first-order chi connectivity index (χ1) is 18.1. The Kier molecular flexibility index (Phi) is 10.8. The summed E-state index contributed by atoms with van der Waals surface area (Å²) >= 11 is 1.63. The van der Waals surface area contributed by atoms with Crippen LogP contribution in [0.1, 0.15) is 57.2 Å². The molecule has 1 fully saturated rings. The van der Waals surface area contributed by atoms with Crippen molar-refractivity contribution in [1.29, 1.82) is 0 Å². The third kappa shape index (κ3) is 9.20. The molecule has 1 heterocycles. The Bertz CT molecular complexity index is 1080. The van der Waals surface area contributed by atoms with E-state index >= 15 is 4.39 Å². The zero-order valence-electron chi connectivity index (χ0n) is 22.6. The van der Waals surface area contributed by atoms with Crippen LogP contribution in [0.4, 0.5) is 19.7 Å². The van der Waals surface area contributed by atoms with Crippen LogP contribution in [0, 0.1) is 11.7 Å². The molecule has 0 aromatic heterocycles. The van der Waals surface area contributed by atoms with Crippen molar-refractivity contribution >= 4 is 29.6 Å². The van der Waals surface area contributed by atoms with Gasteiger partial charge in [0.2, 0.25) is 0 Å². The number of benzene rings is 2. The van der Waals surface area contributed by atoms with Crippen molar-refractivity contribution < 1.29 is 28.6 Å². The van der Waals surface area contributed by atoms with Crippen molar-refractivity contribution in [3.63, 3.8) is 0 Å². The number of hydrogen-bond acceptors (Lipinski definition) is 6. The van der Waals surface area contributed by atoms with Crippen LogP contribution in [0.25, 0.3) is 0 Å². The SMILES string of the molecule is CCCCc1cc(C[C@@H]2CSC[C@H](NC(=O)OC(C)(C)C)[C@H]2O)cc(F)c1NC(=O)OCc1ccccc1. The minimum atomic E-state index is -0.795. The lowest BCUT2D eigenvalue weighted by Gasteiger charge is -2.35. The van der Waals surface area contributed by atoms with Gasteiger partial charge in [-0.3, -0.25) is 5.32 Å². The fourth-order valence-corrected chi connectivity index (χ4v) is 5.64. The summed E-state index contributed by atoms with van der Waals surface area (Å²) in [7, 11) is 0. The first kappa shape index (κ1) is 29.8. The number of amides is 2. The number of aliphatic hydroxyl groups excluding tert-OH is 1. The molecule has 0 saturated carbocycles. The molecule has 1 saturated heterocycles. The molecule has 38 heavy (non-hydrogen) atoms. The van der Waals surface area contributed by atoms with Gasteiger partial charge >= 0.3 is 12.2 Å². The Balaban J connectivity index is 1.68. The Morgan fingerprint density at radius 1 is 1.11 bits per heavy atom. The standard InChI is InChI=1S/C29H39FN2O5S/c1-5-6-12-21-13-20(14-22-17-38-18-24(26(22)33)31-28(35)37-29(2,3)4)15-23(30)25(21)32-27(34)36-16-19-10-8-7-9-11-19/h7-11,13,15,22,24,26,33H,5-6,12,14,16-18H2,1-4H3,(H,31,35)(H,32,34)/t22-,24+,26+/m1/s1. The molecule has 1 aliphatic rings. The third-order valence-electron chi connectivity index (χ3n) is 6.20. The van der Waals surface area contributed by atoms with Gasteiger partial charge in [0.15, 0.2) is 0 Å². The van der Waals surface area contributed by atoms with Gasteiger partial charge in [0.05, 0.1) is 17.8 Å². The fourth-order valence-electron chi connectivity index (χ4n) is 4.35. The smallest absolute Gasteiger partial charge is 0.412 e. The molecule has 208 valence electrons. The van der Waals surface area contributed by atoms with Crippen LogP contribution in [-0.4, -0.2) is 46.5 Å². The van der Waals surface area contributed by atoms with Crippen molar-refractivity contribution in [1.82, 2.24) is 5.32 Å². The van der Waals surface area contributed by atoms with E-state index in [1.165, 1.54) is 6.07 Å². The van der Waals surface area contributed by atoms with Crippen LogP contribution in [0.2, 0.25) is 0 Å². The van der Waals surface area contributed by atoms with Crippen LogP contribution < -0.4 is 10.6 Å². The molecule has 2 amide bonds. The Hall–Kier alpha value is -2.78. The normalized spacial score (nSPS) is 19.5. The molecule has 0 aliphatic carbocycles. The largest absolute Gasteiger partial charge is 0.444 e. The molecule has 0 spiro atoms. The lowest BCUT2D eigenvalue weighted by atomic mass is 9.90. The summed E-state index contributed by atoms with van der Waals surface area (Å²) < 4.78 is 25.9. The summed E-state index contributed by atoms with van der Waals surface area (Å²) in [5.41, 5.74) is 1.77. The maximum Gasteiger partial charge on any atom is 0.412 e. The lowest BCUT2D eigenvalue weighted by Crippen LogP contribution is -2.52. The predicted molar refractivity (Wildman–Crippen MR) is 149 cm³/mol. The number of halogens is 1. The second-order valence-corrected chi connectivity index (χ2v) is 11.7. The number of carbonyl (C=O) groups is 2. The quantitative estimate of drug-likeness (QED) is 0.353. The van der Waals surface area contributed by atoms with Crippen LogP contribution in [-0.2, 0) is 28.9 Å². The summed E-state index contributed by atoms with van der Waals surface area (Å²) in [6.45, 7) is 7.50. The lowest BCUT2D eigenvalue weighted by molar-refractivity contribution is 0.0365. The van der Waals surface area contributed by atoms with Crippen molar-refractivity contribution in [2.45, 2.75) is 77.7 Å². The molecule has 3 rings (SSSR count). The van der Waals surface area contributed by atoms with Gasteiger partial charge in [-0.15, -0.1) is 0 Å². The van der Waals surface area contributed by atoms with Crippen LogP contribution in [0.3, 0.4) is 0 Å². The number of unbranched alkanes of at least 4 members (excludes halogenated alkanes) is 1. The van der Waals surface area contributed by atoms with Gasteiger partial charge in [-0.1, -0.05) is 49.7 Å². The molecule has 3 atom stereocenters. The minimum absolute atomic E-state index is 0.0897. The molecule has 2 aromatic rings. The summed E-state index contributed by atoms with van der Waals surface area (Å²) in [5, 5.41) is 16.4. The first-order valence-corrected chi connectivity index (χ1v) is 14.3. The number of hydrogen-bond donors (Lipinski definition) is 3. The minimum Gasteiger partial charge on any atom is -0.444 e. The number of carbonyl (C=O) groups excluding carboxylic acids is 2. The Labute approximate surface area is 228 Å². The topological polar surface area (TPSA) is 96.9 Å². The second kappa shape index (κ2) is 13.8. The van der Waals surface area contributed by atoms with Gasteiger partial charge in [-0.2, -0.15) is 11.8 Å². The van der Waals surface area contributed by atoms with E-state index in [0.29, 0.717) is 29.9 Å². The molecule has 0 bridgehead atoms. The number of aliphatic hydroxyl groups is 1. The average molecular weight is 547 g/mol. The zero-order valence-corrected chi connectivity index (χ0v) is 23.4. The number of rotatable bonds is 9. The van der Waals surface area contributed by atoms with E-state index in [1.54, 1.807) is 32.5 Å². The number of anilines is 1. The summed E-state index contributed by atoms with van der Waals surface area (Å²) in [5.74, 6) is 0.542. The van der Waals surface area contributed by atoms with Gasteiger partial charge in [0.1, 0.15) is 18.0 Å². The summed E-state index contributed by atoms with van der Waals surface area (Å²) in [6, 6.07) is 12.1. The van der Waals surface area contributed by atoms with Crippen LogP contribution >= 0.6 is 11.8 Å². The van der Waals surface area contributed by atoms with Crippen molar-refractivity contribution in [2.24, 2.45) is 5.92 Å². The van der Waals surface area contributed by atoms with Gasteiger partial charge in [0.25, 0.3) is 0 Å². The number of aryl methyl sites for hydroxylation is 1. The fraction of sp³-hybridized carbons (Fsp3) is 0.517. The number of nitrogens with one attached hydrogen (secondary N) is 2. The van der Waals surface area contributed by atoms with Crippen LogP contribution in [0.15, 0.2) is 42.5 Å². The van der Waals surface area contributed by atoms with Gasteiger partial charge in [-0.05, 0) is 74.5 Å². The van der Waals surface area contributed by atoms with E-state index in [1.807, 2.05) is 36.4 Å². The maximum atomic E-state index is 15.3. The van der Waals surface area contributed by atoms with Crippen molar-refractivity contribution in [3.05, 3.63) is 65.0 Å². The van der Waals surface area contributed by atoms with Crippen molar-refractivity contribution in [2.75, 3.05) is 16.8 Å². The third-order valence-corrected chi connectivity index (χ3v) is 7.45. The molecular formula is C29H39FN2O5S. The highest BCUT2D eigenvalue weighted by atomic mass is 32.2. The number of thioether (sulfide) groups is 1. The molecule has 9 heteroatoms. The number of alkyl carbamates (subject to hydrolysis) is 1. The molecule has 2 aromatic carbocycles. The van der Waals surface area contributed by atoms with E-state index < -0.39 is 35.8 Å². The first-order valence-electron chi connectivity index (χ1n) is 13.1. The van der Waals surface area contributed by atoms with E-state index in [4.69, 9.17) is 9.47 Å². The zero-order chi connectivity index (χ0) is 27.7. The molecule has 0 radical (unpaired) electrons. The molecule has 1 aliphatic heterocycles. The maximum absolute atomic E-state index is 15.3. The molecule has 7 nitrogen and oxygen atoms in total. The summed E-state index contributed by atoms with van der Waals surface area (Å²) in [4.78, 5) is 24.7. The number of ether oxygens (including phenoxy) is 2. The average Bonchev–Trinajstić information content (AvgIpc) is 2.85. The highest BCUT2D eigenvalue weighted by molar-refractivity contribution is 7.99. The Morgan fingerprint density at radius 3 is 2.53 bits per heavy atom. The molecule has 3 N–H and O–H groups in total. The summed E-state index contributed by atoms with van der Waals surface area (Å²) in [6.07, 6.45) is 0.714. The van der Waals surface area contributed by atoms with Crippen LogP contribution in [0.5, 0.6) is 0 Å². The van der Waals surface area contributed by atoms with Gasteiger partial charge in [-0.25, -0.2) is 14.0 Å². The second-order valence-electron chi connectivity index (χ2n) is 10.6. The van der Waals surface area contributed by atoms with E-state index in [0.717, 1.165) is 24.0 Å².